The van der Waals surface area contributed by atoms with E-state index in [4.69, 9.17) is 11.5 Å². The minimum Gasteiger partial charge on any atom is -0.478 e. The van der Waals surface area contributed by atoms with E-state index in [1.165, 1.54) is 5.56 Å². The quantitative estimate of drug-likeness (QED) is 0.727. The highest BCUT2D eigenvalue weighted by Gasteiger charge is 2.23. The molecule has 5 heteroatoms. The third-order valence-corrected chi connectivity index (χ3v) is 4.36. The second-order valence-corrected chi connectivity index (χ2v) is 7.36. The van der Waals surface area contributed by atoms with E-state index in [0.717, 1.165) is 42.3 Å². The van der Waals surface area contributed by atoms with Crippen LogP contribution in [0.5, 0.6) is 0 Å². The number of benzene rings is 1. The minimum atomic E-state index is -0.887. The van der Waals surface area contributed by atoms with Crippen LogP contribution in [0.25, 0.3) is 10.9 Å². The van der Waals surface area contributed by atoms with Gasteiger partial charge in [-0.05, 0) is 61.0 Å². The van der Waals surface area contributed by atoms with Crippen molar-refractivity contribution in [3.8, 4) is 0 Å². The van der Waals surface area contributed by atoms with Crippen molar-refractivity contribution in [2.24, 2.45) is 11.5 Å². The molecule has 2 aromatic rings. The SMILES string of the molecule is CC(C)(C)c1cc(C(=O)O)cc2c(CCCN)cn(CCCN)c12. The van der Waals surface area contributed by atoms with E-state index >= 15 is 0 Å². The number of fused-ring (bicyclic) bond motifs is 1. The lowest BCUT2D eigenvalue weighted by Gasteiger charge is -2.22. The van der Waals surface area contributed by atoms with Crippen LogP contribution in [-0.4, -0.2) is 28.7 Å². The molecule has 132 valence electrons. The smallest absolute Gasteiger partial charge is 0.335 e. The van der Waals surface area contributed by atoms with Crippen LogP contribution in [0.3, 0.4) is 0 Å². The van der Waals surface area contributed by atoms with Gasteiger partial charge in [0.05, 0.1) is 11.1 Å². The Morgan fingerprint density at radius 3 is 2.38 bits per heavy atom. The van der Waals surface area contributed by atoms with Gasteiger partial charge in [0.1, 0.15) is 0 Å². The molecule has 1 heterocycles. The highest BCUT2D eigenvalue weighted by Crippen LogP contribution is 2.34. The summed E-state index contributed by atoms with van der Waals surface area (Å²) < 4.78 is 2.24. The summed E-state index contributed by atoms with van der Waals surface area (Å²) in [7, 11) is 0. The maximum Gasteiger partial charge on any atom is 0.335 e. The second kappa shape index (κ2) is 7.36. The van der Waals surface area contributed by atoms with E-state index in [-0.39, 0.29) is 5.41 Å². The molecule has 0 spiro atoms. The first-order valence-electron chi connectivity index (χ1n) is 8.59. The van der Waals surface area contributed by atoms with Gasteiger partial charge in [0.2, 0.25) is 0 Å². The molecule has 24 heavy (non-hydrogen) atoms. The molecule has 0 saturated heterocycles. The van der Waals surface area contributed by atoms with Crippen LogP contribution in [0.15, 0.2) is 18.3 Å². The first-order valence-corrected chi connectivity index (χ1v) is 8.59. The first-order chi connectivity index (χ1) is 11.3. The van der Waals surface area contributed by atoms with Crippen LogP contribution in [0.2, 0.25) is 0 Å². The molecular formula is C19H29N3O2. The van der Waals surface area contributed by atoms with Crippen molar-refractivity contribution in [1.82, 2.24) is 4.57 Å². The molecule has 0 fully saturated rings. The van der Waals surface area contributed by atoms with Crippen molar-refractivity contribution in [3.63, 3.8) is 0 Å². The molecule has 0 amide bonds. The number of nitrogens with zero attached hydrogens (tertiary/aromatic N) is 1. The van der Waals surface area contributed by atoms with Crippen molar-refractivity contribution < 1.29 is 9.90 Å². The third-order valence-electron chi connectivity index (χ3n) is 4.36. The van der Waals surface area contributed by atoms with Gasteiger partial charge in [-0.25, -0.2) is 4.79 Å². The second-order valence-electron chi connectivity index (χ2n) is 7.36. The predicted molar refractivity (Wildman–Crippen MR) is 98.6 cm³/mol. The Kier molecular flexibility index (Phi) is 5.67. The number of carboxylic acid groups (broad SMARTS) is 1. The van der Waals surface area contributed by atoms with Gasteiger partial charge in [-0.3, -0.25) is 0 Å². The fourth-order valence-electron chi connectivity index (χ4n) is 3.14. The Hall–Kier alpha value is -1.85. The zero-order valence-electron chi connectivity index (χ0n) is 14.9. The molecule has 0 aliphatic heterocycles. The van der Waals surface area contributed by atoms with Crippen molar-refractivity contribution in [1.29, 1.82) is 0 Å². The molecule has 5 nitrogen and oxygen atoms in total. The predicted octanol–water partition coefficient (Wildman–Crippen LogP) is 2.88. The average Bonchev–Trinajstić information content (AvgIpc) is 2.86. The zero-order valence-corrected chi connectivity index (χ0v) is 14.9. The van der Waals surface area contributed by atoms with Gasteiger partial charge >= 0.3 is 5.97 Å². The summed E-state index contributed by atoms with van der Waals surface area (Å²) in [5.74, 6) is -0.887. The number of hydrogen-bond acceptors (Lipinski definition) is 3. The van der Waals surface area contributed by atoms with Gasteiger partial charge in [-0.15, -0.1) is 0 Å². The molecule has 0 saturated carbocycles. The van der Waals surface area contributed by atoms with Crippen molar-refractivity contribution in [2.45, 2.75) is 52.0 Å². The van der Waals surface area contributed by atoms with Gasteiger partial charge in [-0.1, -0.05) is 20.8 Å². The largest absolute Gasteiger partial charge is 0.478 e. The van der Waals surface area contributed by atoms with Crippen LogP contribution in [0.4, 0.5) is 0 Å². The van der Waals surface area contributed by atoms with Gasteiger partial charge in [0.25, 0.3) is 0 Å². The van der Waals surface area contributed by atoms with Crippen LogP contribution in [0.1, 0.15) is 55.1 Å². The standard InChI is InChI=1S/C19H29N3O2/c1-19(2,3)16-11-14(18(23)24)10-15-13(6-4-7-20)12-22(17(15)16)9-5-8-21/h10-12H,4-9,20-21H2,1-3H3,(H,23,24). The number of aromatic nitrogens is 1. The molecule has 2 rings (SSSR count). The van der Waals surface area contributed by atoms with Crippen LogP contribution >= 0.6 is 0 Å². The molecule has 0 aliphatic rings. The highest BCUT2D eigenvalue weighted by molar-refractivity contribution is 5.97. The van der Waals surface area contributed by atoms with Gasteiger partial charge < -0.3 is 21.1 Å². The van der Waals surface area contributed by atoms with Crippen molar-refractivity contribution >= 4 is 16.9 Å². The summed E-state index contributed by atoms with van der Waals surface area (Å²) in [6.07, 6.45) is 4.79. The number of aromatic carboxylic acids is 1. The van der Waals surface area contributed by atoms with E-state index in [1.807, 2.05) is 6.07 Å². The number of hydrogen-bond donors (Lipinski definition) is 3. The maximum absolute atomic E-state index is 11.6. The Bertz CT molecular complexity index is 726. The number of rotatable bonds is 7. The molecule has 1 aromatic heterocycles. The average molecular weight is 331 g/mol. The molecule has 0 atom stereocenters. The summed E-state index contributed by atoms with van der Waals surface area (Å²) in [6, 6.07) is 3.62. The number of nitrogens with two attached hydrogens (primary N) is 2. The van der Waals surface area contributed by atoms with Crippen LogP contribution in [-0.2, 0) is 18.4 Å². The molecule has 5 N–H and O–H groups in total. The van der Waals surface area contributed by atoms with E-state index in [9.17, 15) is 9.90 Å². The molecule has 1 aromatic carbocycles. The molecule has 0 unspecified atom stereocenters. The lowest BCUT2D eigenvalue weighted by Crippen LogP contribution is -2.15. The maximum atomic E-state index is 11.6. The summed E-state index contributed by atoms with van der Waals surface area (Å²) in [6.45, 7) is 8.45. The summed E-state index contributed by atoms with van der Waals surface area (Å²) in [5.41, 5.74) is 14.9. The monoisotopic (exact) mass is 331 g/mol. The highest BCUT2D eigenvalue weighted by atomic mass is 16.4. The van der Waals surface area contributed by atoms with Crippen molar-refractivity contribution in [3.05, 3.63) is 35.0 Å². The molecule has 0 radical (unpaired) electrons. The summed E-state index contributed by atoms with van der Waals surface area (Å²) in [4.78, 5) is 11.6. The number of carbonyl (C=O) groups is 1. The molecular weight excluding hydrogens is 302 g/mol. The topological polar surface area (TPSA) is 94.3 Å². The van der Waals surface area contributed by atoms with Crippen molar-refractivity contribution in [2.75, 3.05) is 13.1 Å². The van der Waals surface area contributed by atoms with Crippen LogP contribution < -0.4 is 11.5 Å². The van der Waals surface area contributed by atoms with Gasteiger partial charge in [0, 0.05) is 18.1 Å². The Morgan fingerprint density at radius 2 is 1.83 bits per heavy atom. The Labute approximate surface area is 143 Å². The third kappa shape index (κ3) is 3.79. The summed E-state index contributed by atoms with van der Waals surface area (Å²) >= 11 is 0. The van der Waals surface area contributed by atoms with E-state index in [2.05, 4.69) is 31.5 Å². The van der Waals surface area contributed by atoms with E-state index in [1.54, 1.807) is 6.07 Å². The van der Waals surface area contributed by atoms with Gasteiger partial charge in [-0.2, -0.15) is 0 Å². The minimum absolute atomic E-state index is 0.145. The van der Waals surface area contributed by atoms with E-state index < -0.39 is 5.97 Å². The molecule has 0 bridgehead atoms. The van der Waals surface area contributed by atoms with Gasteiger partial charge in [0.15, 0.2) is 0 Å². The number of carboxylic acids is 1. The van der Waals surface area contributed by atoms with E-state index in [0.29, 0.717) is 18.7 Å². The summed E-state index contributed by atoms with van der Waals surface area (Å²) in [5, 5.41) is 10.5. The zero-order chi connectivity index (χ0) is 17.9. The number of aryl methyl sites for hydroxylation is 2. The lowest BCUT2D eigenvalue weighted by atomic mass is 9.84. The normalized spacial score (nSPS) is 12.0. The fraction of sp³-hybridized carbons (Fsp3) is 0.526. The lowest BCUT2D eigenvalue weighted by molar-refractivity contribution is 0.0697. The molecule has 0 aliphatic carbocycles. The first kappa shape index (κ1) is 18.5. The fourth-order valence-corrected chi connectivity index (χ4v) is 3.14. The van der Waals surface area contributed by atoms with Crippen LogP contribution in [0, 0.1) is 0 Å². The Morgan fingerprint density at radius 1 is 1.17 bits per heavy atom. The Balaban J connectivity index is 2.75.